The number of benzene rings is 4. The number of carboxylic acids is 1. The molecular weight excluding hydrogens is 633 g/mol. The highest BCUT2D eigenvalue weighted by molar-refractivity contribution is 6.01. The van der Waals surface area contributed by atoms with Crippen LogP contribution >= 0.6 is 0 Å². The largest absolute Gasteiger partial charge is 0.490 e. The number of rotatable bonds is 13. The summed E-state index contributed by atoms with van der Waals surface area (Å²) in [6, 6.07) is 34.3. The molecule has 1 heterocycles. The fourth-order valence-corrected chi connectivity index (χ4v) is 5.40. The number of para-hydroxylation sites is 1. The number of carbonyl (C=O) groups excluding carboxylic acids is 2. The summed E-state index contributed by atoms with van der Waals surface area (Å²) < 4.78 is 31.7. The molecule has 0 atom stereocenters. The summed E-state index contributed by atoms with van der Waals surface area (Å²) in [6.45, 7) is 1.93. The number of hydrogen-bond donors (Lipinski definition) is 4. The molecule has 5 N–H and O–H groups in total. The molecule has 5 rings (SSSR count). The van der Waals surface area contributed by atoms with E-state index in [2.05, 4.69) is 52.9 Å². The molecule has 0 aliphatic carbocycles. The lowest BCUT2D eigenvalue weighted by atomic mass is 9.97. The summed E-state index contributed by atoms with van der Waals surface area (Å²) in [4.78, 5) is 40.7. The lowest BCUT2D eigenvalue weighted by molar-refractivity contribution is -0.192. The number of H-pyrrole nitrogens is 1. The van der Waals surface area contributed by atoms with Crippen LogP contribution in [-0.4, -0.2) is 58.6 Å². The number of fused-ring (bicyclic) bond motifs is 1. The third kappa shape index (κ3) is 10.8. The fourth-order valence-electron chi connectivity index (χ4n) is 5.40. The Labute approximate surface area is 282 Å². The number of alkyl halides is 3. The minimum Gasteiger partial charge on any atom is -0.475 e. The number of nitrogens with one attached hydrogen (secondary N) is 2. The van der Waals surface area contributed by atoms with E-state index in [1.54, 1.807) is 0 Å². The Hall–Kier alpha value is -5.42. The number of carboxylic acid groups (broad SMARTS) is 1. The number of carbonyl (C=O) groups is 3. The van der Waals surface area contributed by atoms with Crippen LogP contribution in [0.4, 0.5) is 13.2 Å². The SMILES string of the molecule is NCCNC(=O)c1ccccc1-c1cccc(CN(CCc2c[nH]c3ccccc23)C(=O)CCCc2ccccc2)c1.O=C(O)C(F)(F)F. The summed E-state index contributed by atoms with van der Waals surface area (Å²) in [5, 5.41) is 11.2. The summed E-state index contributed by atoms with van der Waals surface area (Å²) >= 11 is 0. The first-order chi connectivity index (χ1) is 23.6. The lowest BCUT2D eigenvalue weighted by Gasteiger charge is -2.23. The maximum Gasteiger partial charge on any atom is 0.490 e. The Balaban J connectivity index is 0.000000698. The Bertz CT molecular complexity index is 1840. The number of aromatic nitrogens is 1. The standard InChI is InChI=1S/C36H38N4O2.C2HF3O2/c37-21-22-38-36(42)33-17-5-4-15-31(33)29-14-8-13-28(24-29)26-40(35(41)19-9-12-27-10-2-1-3-11-27)23-20-30-25-39-34-18-7-6-16-32(30)34;3-2(4,5)1(6)7/h1-8,10-11,13-18,24-25,39H,9,12,19-23,26,37H2,(H,38,42);(H,6,7). The number of halogens is 3. The molecule has 1 aromatic heterocycles. The van der Waals surface area contributed by atoms with Crippen LogP contribution in [-0.2, 0) is 29.0 Å². The number of amides is 2. The van der Waals surface area contributed by atoms with Crippen molar-refractivity contribution in [1.82, 2.24) is 15.2 Å². The maximum absolute atomic E-state index is 13.6. The van der Waals surface area contributed by atoms with Crippen molar-refractivity contribution >= 4 is 28.7 Å². The molecule has 0 aliphatic heterocycles. The van der Waals surface area contributed by atoms with Gasteiger partial charge in [-0.05, 0) is 65.3 Å². The molecule has 0 bridgehead atoms. The molecule has 49 heavy (non-hydrogen) atoms. The van der Waals surface area contributed by atoms with Crippen LogP contribution in [0.1, 0.15) is 39.9 Å². The number of aliphatic carboxylic acids is 1. The van der Waals surface area contributed by atoms with Gasteiger partial charge in [-0.1, -0.05) is 84.9 Å². The van der Waals surface area contributed by atoms with Crippen molar-refractivity contribution < 1.29 is 32.7 Å². The molecular formula is C38H39F3N4O4. The normalized spacial score (nSPS) is 11.0. The zero-order chi connectivity index (χ0) is 35.2. The van der Waals surface area contributed by atoms with Crippen molar-refractivity contribution in [3.05, 3.63) is 132 Å². The smallest absolute Gasteiger partial charge is 0.475 e. The van der Waals surface area contributed by atoms with Crippen LogP contribution in [0.15, 0.2) is 109 Å². The van der Waals surface area contributed by atoms with Gasteiger partial charge in [0.05, 0.1) is 0 Å². The highest BCUT2D eigenvalue weighted by Gasteiger charge is 2.38. The maximum atomic E-state index is 13.6. The van der Waals surface area contributed by atoms with Gasteiger partial charge >= 0.3 is 12.1 Å². The second kappa shape index (κ2) is 17.7. The van der Waals surface area contributed by atoms with Crippen molar-refractivity contribution in [2.45, 2.75) is 38.4 Å². The Morgan fingerprint density at radius 3 is 2.24 bits per heavy atom. The number of aromatic amines is 1. The Kier molecular flexibility index (Phi) is 13.1. The summed E-state index contributed by atoms with van der Waals surface area (Å²) in [7, 11) is 0. The summed E-state index contributed by atoms with van der Waals surface area (Å²) in [6.07, 6.45) is -0.0972. The van der Waals surface area contributed by atoms with Gasteiger partial charge in [0.2, 0.25) is 5.91 Å². The predicted molar refractivity (Wildman–Crippen MR) is 184 cm³/mol. The van der Waals surface area contributed by atoms with Gasteiger partial charge in [0, 0.05) is 55.3 Å². The quantitative estimate of drug-likeness (QED) is 0.110. The van der Waals surface area contributed by atoms with Crippen molar-refractivity contribution in [3.63, 3.8) is 0 Å². The van der Waals surface area contributed by atoms with E-state index >= 15 is 0 Å². The molecule has 0 saturated heterocycles. The van der Waals surface area contributed by atoms with Crippen LogP contribution in [0.25, 0.3) is 22.0 Å². The van der Waals surface area contributed by atoms with Crippen LogP contribution in [0.3, 0.4) is 0 Å². The number of aryl methyl sites for hydroxylation is 1. The number of nitrogens with zero attached hydrogens (tertiary/aromatic N) is 1. The van der Waals surface area contributed by atoms with Crippen LogP contribution < -0.4 is 11.1 Å². The van der Waals surface area contributed by atoms with E-state index in [9.17, 15) is 22.8 Å². The van der Waals surface area contributed by atoms with Gasteiger partial charge in [-0.3, -0.25) is 9.59 Å². The molecule has 0 fully saturated rings. The van der Waals surface area contributed by atoms with Gasteiger partial charge in [-0.2, -0.15) is 13.2 Å². The van der Waals surface area contributed by atoms with E-state index in [1.165, 1.54) is 16.5 Å². The van der Waals surface area contributed by atoms with Crippen LogP contribution in [0.2, 0.25) is 0 Å². The average Bonchev–Trinajstić information content (AvgIpc) is 3.52. The second-order valence-electron chi connectivity index (χ2n) is 11.4. The highest BCUT2D eigenvalue weighted by Crippen LogP contribution is 2.26. The zero-order valence-corrected chi connectivity index (χ0v) is 26.9. The Morgan fingerprint density at radius 1 is 0.837 bits per heavy atom. The van der Waals surface area contributed by atoms with Gasteiger partial charge in [0.1, 0.15) is 0 Å². The van der Waals surface area contributed by atoms with Crippen molar-refractivity contribution in [2.24, 2.45) is 5.73 Å². The molecule has 4 aromatic carbocycles. The van der Waals surface area contributed by atoms with Gasteiger partial charge in [0.25, 0.3) is 5.91 Å². The molecule has 256 valence electrons. The zero-order valence-electron chi connectivity index (χ0n) is 26.9. The first-order valence-corrected chi connectivity index (χ1v) is 15.9. The topological polar surface area (TPSA) is 129 Å². The van der Waals surface area contributed by atoms with E-state index in [0.717, 1.165) is 41.5 Å². The molecule has 2 amide bonds. The van der Waals surface area contributed by atoms with E-state index in [1.807, 2.05) is 71.6 Å². The minimum absolute atomic E-state index is 0.143. The van der Waals surface area contributed by atoms with Crippen molar-refractivity contribution in [3.8, 4) is 11.1 Å². The minimum atomic E-state index is -5.08. The third-order valence-corrected chi connectivity index (χ3v) is 7.83. The molecule has 8 nitrogen and oxygen atoms in total. The van der Waals surface area contributed by atoms with Crippen LogP contribution in [0, 0.1) is 0 Å². The molecule has 0 saturated carbocycles. The first kappa shape index (κ1) is 36.4. The average molecular weight is 673 g/mol. The Morgan fingerprint density at radius 2 is 1.51 bits per heavy atom. The van der Waals surface area contributed by atoms with Gasteiger partial charge < -0.3 is 26.0 Å². The molecule has 5 aromatic rings. The van der Waals surface area contributed by atoms with Crippen LogP contribution in [0.5, 0.6) is 0 Å². The fraction of sp³-hybridized carbons (Fsp3) is 0.237. The number of nitrogens with two attached hydrogens (primary N) is 1. The lowest BCUT2D eigenvalue weighted by Crippen LogP contribution is -2.32. The monoisotopic (exact) mass is 672 g/mol. The van der Waals surface area contributed by atoms with E-state index < -0.39 is 12.1 Å². The summed E-state index contributed by atoms with van der Waals surface area (Å²) in [5.41, 5.74) is 12.6. The van der Waals surface area contributed by atoms with E-state index in [0.29, 0.717) is 38.2 Å². The highest BCUT2D eigenvalue weighted by atomic mass is 19.4. The molecule has 0 spiro atoms. The van der Waals surface area contributed by atoms with E-state index in [4.69, 9.17) is 15.6 Å². The first-order valence-electron chi connectivity index (χ1n) is 15.9. The molecule has 0 unspecified atom stereocenters. The second-order valence-corrected chi connectivity index (χ2v) is 11.4. The summed E-state index contributed by atoms with van der Waals surface area (Å²) in [5.74, 6) is -2.75. The van der Waals surface area contributed by atoms with E-state index in [-0.39, 0.29) is 11.8 Å². The number of hydrogen-bond acceptors (Lipinski definition) is 4. The third-order valence-electron chi connectivity index (χ3n) is 7.83. The molecule has 0 aliphatic rings. The molecule has 11 heteroatoms. The van der Waals surface area contributed by atoms with Crippen molar-refractivity contribution in [1.29, 1.82) is 0 Å². The van der Waals surface area contributed by atoms with Gasteiger partial charge in [-0.15, -0.1) is 0 Å². The van der Waals surface area contributed by atoms with Crippen molar-refractivity contribution in [2.75, 3.05) is 19.6 Å². The molecule has 0 radical (unpaired) electrons. The van der Waals surface area contributed by atoms with Gasteiger partial charge in [-0.25, -0.2) is 4.79 Å². The predicted octanol–water partition coefficient (Wildman–Crippen LogP) is 6.75. The van der Waals surface area contributed by atoms with Gasteiger partial charge in [0.15, 0.2) is 0 Å².